The van der Waals surface area contributed by atoms with E-state index in [4.69, 9.17) is 5.73 Å². The zero-order valence-electron chi connectivity index (χ0n) is 9.90. The monoisotopic (exact) mass is 259 g/mol. The van der Waals surface area contributed by atoms with Gasteiger partial charge in [0.1, 0.15) is 5.82 Å². The number of nitrogens with zero attached hydrogens (tertiary/aromatic N) is 2. The molecule has 0 saturated carbocycles. The zero-order chi connectivity index (χ0) is 12.6. The first-order chi connectivity index (χ1) is 7.89. The molecule has 7 nitrogen and oxygen atoms in total. The average Bonchev–Trinajstić information content (AvgIpc) is 2.59. The molecule has 0 amide bonds. The van der Waals surface area contributed by atoms with E-state index in [0.717, 1.165) is 19.3 Å². The molecule has 8 heteroatoms. The minimum absolute atomic E-state index is 0.103. The lowest BCUT2D eigenvalue weighted by atomic mass is 10.2. The summed E-state index contributed by atoms with van der Waals surface area (Å²) in [5, 5.41) is 9.84. The van der Waals surface area contributed by atoms with Gasteiger partial charge in [0.2, 0.25) is 0 Å². The summed E-state index contributed by atoms with van der Waals surface area (Å²) in [6.45, 7) is 4.28. The molecular formula is C9H17N5O2S. The van der Waals surface area contributed by atoms with Gasteiger partial charge in [-0.25, -0.2) is 8.42 Å². The zero-order valence-corrected chi connectivity index (χ0v) is 10.7. The second-order valence-electron chi connectivity index (χ2n) is 4.36. The van der Waals surface area contributed by atoms with Crippen molar-refractivity contribution in [2.24, 2.45) is 0 Å². The number of hydrogen-bond acceptors (Lipinski definition) is 6. The summed E-state index contributed by atoms with van der Waals surface area (Å²) in [5.41, 5.74) is 5.63. The van der Waals surface area contributed by atoms with E-state index in [0.29, 0.717) is 18.4 Å². The van der Waals surface area contributed by atoms with Crippen LogP contribution in [0.2, 0.25) is 0 Å². The normalized spacial score (nSPS) is 21.8. The number of nitrogens with two attached hydrogens (primary N) is 1. The van der Waals surface area contributed by atoms with E-state index in [1.807, 2.05) is 11.8 Å². The van der Waals surface area contributed by atoms with E-state index in [2.05, 4.69) is 15.5 Å². The number of piperazine rings is 1. The third kappa shape index (κ3) is 2.37. The van der Waals surface area contributed by atoms with Crippen LogP contribution >= 0.6 is 0 Å². The standard InChI is InChI=1S/C9H17N5O2S/c1-6-5-14(4-3-11-6)9-7(17(2,15)16)8(10)12-13-9/h6,11H,3-5H2,1-2H3,(H3,10,12,13). The third-order valence-corrected chi connectivity index (χ3v) is 3.91. The Morgan fingerprint density at radius 3 is 2.82 bits per heavy atom. The van der Waals surface area contributed by atoms with Crippen LogP contribution in [-0.2, 0) is 9.84 Å². The highest BCUT2D eigenvalue weighted by molar-refractivity contribution is 7.91. The molecule has 0 bridgehead atoms. The summed E-state index contributed by atoms with van der Waals surface area (Å²) < 4.78 is 23.4. The van der Waals surface area contributed by atoms with Crippen molar-refractivity contribution in [1.29, 1.82) is 0 Å². The van der Waals surface area contributed by atoms with E-state index in [-0.39, 0.29) is 10.7 Å². The van der Waals surface area contributed by atoms with Gasteiger partial charge in [-0.05, 0) is 6.92 Å². The van der Waals surface area contributed by atoms with Gasteiger partial charge in [-0.1, -0.05) is 0 Å². The van der Waals surface area contributed by atoms with Gasteiger partial charge in [0.25, 0.3) is 0 Å². The first-order valence-corrected chi connectivity index (χ1v) is 7.31. The molecule has 0 radical (unpaired) electrons. The summed E-state index contributed by atoms with van der Waals surface area (Å²) in [6.07, 6.45) is 1.14. The molecule has 0 aromatic carbocycles. The van der Waals surface area contributed by atoms with E-state index in [9.17, 15) is 8.42 Å². The van der Waals surface area contributed by atoms with Crippen molar-refractivity contribution in [3.8, 4) is 0 Å². The molecule has 0 aliphatic carbocycles. The van der Waals surface area contributed by atoms with Gasteiger partial charge < -0.3 is 16.0 Å². The van der Waals surface area contributed by atoms with Crippen LogP contribution < -0.4 is 16.0 Å². The molecule has 1 saturated heterocycles. The number of rotatable bonds is 2. The summed E-state index contributed by atoms with van der Waals surface area (Å²) in [4.78, 5) is 2.04. The van der Waals surface area contributed by atoms with Crippen LogP contribution in [0.1, 0.15) is 6.92 Å². The van der Waals surface area contributed by atoms with Gasteiger partial charge in [0.15, 0.2) is 20.6 Å². The average molecular weight is 259 g/mol. The van der Waals surface area contributed by atoms with Crippen molar-refractivity contribution in [3.63, 3.8) is 0 Å². The number of aromatic amines is 1. The fourth-order valence-electron chi connectivity index (χ4n) is 2.04. The van der Waals surface area contributed by atoms with Crippen LogP contribution in [0.5, 0.6) is 0 Å². The lowest BCUT2D eigenvalue weighted by Crippen LogP contribution is -2.49. The van der Waals surface area contributed by atoms with E-state index in [1.165, 1.54) is 0 Å². The Morgan fingerprint density at radius 2 is 2.24 bits per heavy atom. The Balaban J connectivity index is 2.39. The fourth-order valence-corrected chi connectivity index (χ4v) is 2.99. The Labute approximate surface area is 100 Å². The lowest BCUT2D eigenvalue weighted by molar-refractivity contribution is 0.480. The molecule has 0 spiro atoms. The van der Waals surface area contributed by atoms with Gasteiger partial charge in [-0.2, -0.15) is 5.10 Å². The molecule has 1 aromatic heterocycles. The van der Waals surface area contributed by atoms with Crippen molar-refractivity contribution in [3.05, 3.63) is 0 Å². The second-order valence-corrected chi connectivity index (χ2v) is 6.32. The van der Waals surface area contributed by atoms with Crippen LogP contribution in [-0.4, -0.2) is 50.5 Å². The van der Waals surface area contributed by atoms with Gasteiger partial charge in [0, 0.05) is 31.9 Å². The smallest absolute Gasteiger partial charge is 0.182 e. The molecule has 1 atom stereocenters. The van der Waals surface area contributed by atoms with Crippen LogP contribution in [0, 0.1) is 0 Å². The van der Waals surface area contributed by atoms with Crippen molar-refractivity contribution in [2.45, 2.75) is 17.9 Å². The number of hydrogen-bond donors (Lipinski definition) is 3. The fraction of sp³-hybridized carbons (Fsp3) is 0.667. The van der Waals surface area contributed by atoms with Crippen molar-refractivity contribution in [2.75, 3.05) is 36.5 Å². The van der Waals surface area contributed by atoms with E-state index < -0.39 is 9.84 Å². The first kappa shape index (κ1) is 12.2. The minimum Gasteiger partial charge on any atom is -0.383 e. The Hall–Kier alpha value is -1.28. The Morgan fingerprint density at radius 1 is 1.53 bits per heavy atom. The summed E-state index contributed by atoms with van der Waals surface area (Å²) in [5.74, 6) is 0.534. The highest BCUT2D eigenvalue weighted by Gasteiger charge is 2.27. The number of sulfone groups is 1. The highest BCUT2D eigenvalue weighted by atomic mass is 32.2. The number of nitrogen functional groups attached to an aromatic ring is 1. The molecule has 1 fully saturated rings. The Kier molecular flexibility index (Phi) is 3.00. The predicted molar refractivity (Wildman–Crippen MR) is 65.8 cm³/mol. The Bertz CT molecular complexity index is 509. The molecule has 17 heavy (non-hydrogen) atoms. The maximum Gasteiger partial charge on any atom is 0.182 e. The summed E-state index contributed by atoms with van der Waals surface area (Å²) in [7, 11) is -3.37. The highest BCUT2D eigenvalue weighted by Crippen LogP contribution is 2.28. The molecule has 1 unspecified atom stereocenters. The predicted octanol–water partition coefficient (Wildman–Crippen LogP) is -0.806. The first-order valence-electron chi connectivity index (χ1n) is 5.42. The second kappa shape index (κ2) is 4.19. The van der Waals surface area contributed by atoms with Crippen LogP contribution in [0.4, 0.5) is 11.6 Å². The summed E-state index contributed by atoms with van der Waals surface area (Å²) in [6, 6.07) is 0.300. The molecule has 4 N–H and O–H groups in total. The van der Waals surface area contributed by atoms with Gasteiger partial charge in [-0.15, -0.1) is 0 Å². The quantitative estimate of drug-likeness (QED) is 0.642. The van der Waals surface area contributed by atoms with Gasteiger partial charge in [-0.3, -0.25) is 5.10 Å². The van der Waals surface area contributed by atoms with Gasteiger partial charge in [0.05, 0.1) is 0 Å². The number of anilines is 2. The molecule has 1 aliphatic rings. The molecule has 1 aliphatic heterocycles. The van der Waals surface area contributed by atoms with Gasteiger partial charge >= 0.3 is 0 Å². The maximum atomic E-state index is 11.7. The van der Waals surface area contributed by atoms with Crippen molar-refractivity contribution in [1.82, 2.24) is 15.5 Å². The van der Waals surface area contributed by atoms with Crippen LogP contribution in [0.15, 0.2) is 4.90 Å². The van der Waals surface area contributed by atoms with E-state index in [1.54, 1.807) is 0 Å². The number of nitrogens with one attached hydrogen (secondary N) is 2. The minimum atomic E-state index is -3.37. The molecule has 96 valence electrons. The molecule has 2 heterocycles. The van der Waals surface area contributed by atoms with Crippen LogP contribution in [0.3, 0.4) is 0 Å². The SMILES string of the molecule is CC1CN(c2n[nH]c(N)c2S(C)(=O)=O)CCN1. The van der Waals surface area contributed by atoms with Crippen LogP contribution in [0.25, 0.3) is 0 Å². The van der Waals surface area contributed by atoms with Crippen molar-refractivity contribution < 1.29 is 8.42 Å². The maximum absolute atomic E-state index is 11.7. The molecular weight excluding hydrogens is 242 g/mol. The third-order valence-electron chi connectivity index (χ3n) is 2.77. The lowest BCUT2D eigenvalue weighted by Gasteiger charge is -2.32. The molecule has 1 aromatic rings. The topological polar surface area (TPSA) is 104 Å². The summed E-state index contributed by atoms with van der Waals surface area (Å²) >= 11 is 0. The van der Waals surface area contributed by atoms with Crippen molar-refractivity contribution >= 4 is 21.5 Å². The molecule has 2 rings (SSSR count). The number of aromatic nitrogens is 2. The van der Waals surface area contributed by atoms with E-state index >= 15 is 0 Å². The largest absolute Gasteiger partial charge is 0.383 e. The number of H-pyrrole nitrogens is 1.